The van der Waals surface area contributed by atoms with Gasteiger partial charge in [-0.3, -0.25) is 23.4 Å². The number of aliphatic hydroxyl groups excluding tert-OH is 1. The number of allylic oxidation sites excluding steroid dienone is 14. The summed E-state index contributed by atoms with van der Waals surface area (Å²) in [6.45, 7) is 4.36. The van der Waals surface area contributed by atoms with Crippen LogP contribution in [-0.4, -0.2) is 66.5 Å². The van der Waals surface area contributed by atoms with Gasteiger partial charge in [0, 0.05) is 19.3 Å². The van der Waals surface area contributed by atoms with Gasteiger partial charge in [-0.05, 0) is 89.9 Å². The van der Waals surface area contributed by atoms with Crippen molar-refractivity contribution < 1.29 is 52.2 Å². The summed E-state index contributed by atoms with van der Waals surface area (Å²) in [5.41, 5.74) is 0. The topological polar surface area (TPSA) is 155 Å². The Morgan fingerprint density at radius 1 is 0.403 bits per heavy atom. The second-order valence-corrected chi connectivity index (χ2v) is 20.1. The molecule has 0 aromatic carbocycles. The number of unbranched alkanes of at least 4 members (excludes halogenated alkanes) is 21. The second kappa shape index (κ2) is 53.9. The molecule has 0 aromatic heterocycles. The Bertz CT molecular complexity index is 1530. The number of aliphatic hydroxyl groups is 1. The number of hydrogen-bond acceptors (Lipinski definition) is 10. The third-order valence-corrected chi connectivity index (χ3v) is 12.8. The molecule has 3 unspecified atom stereocenters. The normalized spacial score (nSPS) is 14.0. The molecule has 0 aliphatic rings. The van der Waals surface area contributed by atoms with Crippen LogP contribution < -0.4 is 0 Å². The summed E-state index contributed by atoms with van der Waals surface area (Å²) in [5, 5.41) is 9.81. The Morgan fingerprint density at radius 2 is 0.722 bits per heavy atom. The van der Waals surface area contributed by atoms with Crippen LogP contribution in [0.3, 0.4) is 0 Å². The summed E-state index contributed by atoms with van der Waals surface area (Å²) in [5.74, 6) is -1.53. The SMILES string of the molecule is CC/C=C\C/C=C\C/C=C\C/C=C\CCCCC(=O)OC(COC(=O)CCCCCCCCCCCCCCCCC)COP(=O)(O)OCC(CO)OC(=O)CCCCCCC/C=C\C/C=C\C/C=C\CC. The first-order valence-electron chi connectivity index (χ1n) is 28.5. The van der Waals surface area contributed by atoms with Crippen LogP contribution in [0.15, 0.2) is 85.1 Å². The van der Waals surface area contributed by atoms with Crippen molar-refractivity contribution >= 4 is 25.7 Å². The van der Waals surface area contributed by atoms with Crippen LogP contribution in [0.1, 0.15) is 239 Å². The molecule has 0 heterocycles. The highest BCUT2D eigenvalue weighted by Crippen LogP contribution is 2.43. The first kappa shape index (κ1) is 68.7. The van der Waals surface area contributed by atoms with Crippen LogP contribution in [0.25, 0.3) is 0 Å². The fourth-order valence-electron chi connectivity index (χ4n) is 7.54. The predicted molar refractivity (Wildman–Crippen MR) is 298 cm³/mol. The van der Waals surface area contributed by atoms with Gasteiger partial charge in [0.25, 0.3) is 0 Å². The van der Waals surface area contributed by atoms with Crippen molar-refractivity contribution in [3.05, 3.63) is 85.1 Å². The molecule has 0 saturated carbocycles. The Morgan fingerprint density at radius 3 is 1.14 bits per heavy atom. The van der Waals surface area contributed by atoms with Crippen molar-refractivity contribution in [2.45, 2.75) is 251 Å². The molecule has 11 nitrogen and oxygen atoms in total. The number of phosphoric acid groups is 1. The van der Waals surface area contributed by atoms with E-state index in [1.807, 2.05) is 0 Å². The van der Waals surface area contributed by atoms with E-state index < -0.39 is 57.8 Å². The van der Waals surface area contributed by atoms with Gasteiger partial charge in [-0.1, -0.05) is 215 Å². The lowest BCUT2D eigenvalue weighted by Gasteiger charge is -2.21. The van der Waals surface area contributed by atoms with E-state index in [9.17, 15) is 28.9 Å². The lowest BCUT2D eigenvalue weighted by Crippen LogP contribution is -2.30. The molecule has 0 saturated heterocycles. The van der Waals surface area contributed by atoms with Gasteiger partial charge in [-0.2, -0.15) is 0 Å². The summed E-state index contributed by atoms with van der Waals surface area (Å²) in [6, 6.07) is 0. The maximum Gasteiger partial charge on any atom is 0.472 e. The Labute approximate surface area is 439 Å². The van der Waals surface area contributed by atoms with Crippen LogP contribution >= 0.6 is 7.82 Å². The number of hydrogen-bond donors (Lipinski definition) is 2. The lowest BCUT2D eigenvalue weighted by atomic mass is 10.0. The minimum absolute atomic E-state index is 0.113. The maximum absolute atomic E-state index is 12.9. The van der Waals surface area contributed by atoms with Gasteiger partial charge in [0.1, 0.15) is 12.7 Å². The monoisotopic (exact) mass is 1030 g/mol. The van der Waals surface area contributed by atoms with Gasteiger partial charge in [-0.15, -0.1) is 0 Å². The molecule has 2 N–H and O–H groups in total. The third-order valence-electron chi connectivity index (χ3n) is 11.8. The van der Waals surface area contributed by atoms with Crippen LogP contribution in [0.2, 0.25) is 0 Å². The highest BCUT2D eigenvalue weighted by Gasteiger charge is 2.28. The van der Waals surface area contributed by atoms with Gasteiger partial charge in [0.05, 0.1) is 19.8 Å². The molecule has 0 radical (unpaired) electrons. The highest BCUT2D eigenvalue weighted by molar-refractivity contribution is 7.47. The largest absolute Gasteiger partial charge is 0.472 e. The quantitative estimate of drug-likeness (QED) is 0.0197. The summed E-state index contributed by atoms with van der Waals surface area (Å²) in [6.07, 6.45) is 61.2. The van der Waals surface area contributed by atoms with Crippen molar-refractivity contribution in [3.63, 3.8) is 0 Å². The van der Waals surface area contributed by atoms with E-state index in [1.165, 1.54) is 70.6 Å². The van der Waals surface area contributed by atoms with Crippen LogP contribution in [-0.2, 0) is 42.2 Å². The second-order valence-electron chi connectivity index (χ2n) is 18.7. The molecule has 0 spiro atoms. The molecule has 0 aliphatic heterocycles. The van der Waals surface area contributed by atoms with Crippen LogP contribution in [0.4, 0.5) is 0 Å². The number of carbonyl (C=O) groups is 3. The molecular formula is C60H103O11P. The van der Waals surface area contributed by atoms with Gasteiger partial charge in [0.15, 0.2) is 6.10 Å². The molecule has 12 heteroatoms. The standard InChI is InChI=1S/C60H103O11P/c1-4-7-10-13-16-19-22-25-28-31-34-37-40-43-46-49-58(62)67-53-57(71-60(64)51-48-45-42-39-36-33-30-27-24-21-18-15-12-9-6-3)55-69-72(65,66)68-54-56(52-61)70-59(63)50-47-44-41-38-35-32-29-26-23-20-17-14-11-8-5-2/h8-9,11-12,17-18,20-21,26-27,29-30,36,39,56-57,61H,4-7,10,13-16,19,22-25,28,31-35,37-38,40-55H2,1-3H3,(H,65,66)/b11-8-,12-9-,20-17-,21-18-,29-26-,30-27-,39-36-. The van der Waals surface area contributed by atoms with Crippen LogP contribution in [0, 0.1) is 0 Å². The molecule has 3 atom stereocenters. The minimum Gasteiger partial charge on any atom is -0.462 e. The van der Waals surface area contributed by atoms with Gasteiger partial charge in [0.2, 0.25) is 0 Å². The van der Waals surface area contributed by atoms with Crippen molar-refractivity contribution in [1.82, 2.24) is 0 Å². The van der Waals surface area contributed by atoms with E-state index in [0.29, 0.717) is 19.3 Å². The molecule has 0 bridgehead atoms. The van der Waals surface area contributed by atoms with Crippen molar-refractivity contribution in [2.24, 2.45) is 0 Å². The van der Waals surface area contributed by atoms with E-state index in [0.717, 1.165) is 109 Å². The molecule has 0 fully saturated rings. The zero-order valence-electron chi connectivity index (χ0n) is 45.6. The minimum atomic E-state index is -4.76. The summed E-state index contributed by atoms with van der Waals surface area (Å²) >= 11 is 0. The number of carbonyl (C=O) groups excluding carboxylic acids is 3. The van der Waals surface area contributed by atoms with Gasteiger partial charge >= 0.3 is 25.7 Å². The van der Waals surface area contributed by atoms with Crippen LogP contribution in [0.5, 0.6) is 0 Å². The highest BCUT2D eigenvalue weighted by atomic mass is 31.2. The fourth-order valence-corrected chi connectivity index (χ4v) is 8.32. The predicted octanol–water partition coefficient (Wildman–Crippen LogP) is 16.7. The number of phosphoric ester groups is 1. The lowest BCUT2D eigenvalue weighted by molar-refractivity contribution is -0.161. The Kier molecular flexibility index (Phi) is 51.4. The van der Waals surface area contributed by atoms with Gasteiger partial charge < -0.3 is 24.2 Å². The van der Waals surface area contributed by atoms with E-state index >= 15 is 0 Å². The zero-order chi connectivity index (χ0) is 52.7. The first-order chi connectivity index (χ1) is 35.2. The van der Waals surface area contributed by atoms with E-state index in [4.69, 9.17) is 23.3 Å². The van der Waals surface area contributed by atoms with Crippen molar-refractivity contribution in [3.8, 4) is 0 Å². The number of esters is 3. The number of rotatable bonds is 52. The molecule has 0 amide bonds. The van der Waals surface area contributed by atoms with E-state index in [1.54, 1.807) is 0 Å². The van der Waals surface area contributed by atoms with Crippen molar-refractivity contribution in [2.75, 3.05) is 26.4 Å². The molecule has 414 valence electrons. The fraction of sp³-hybridized carbons (Fsp3) is 0.717. The Hall–Kier alpha value is -3.34. The first-order valence-corrected chi connectivity index (χ1v) is 30.0. The van der Waals surface area contributed by atoms with E-state index in [-0.39, 0.29) is 25.9 Å². The van der Waals surface area contributed by atoms with Crippen molar-refractivity contribution in [1.29, 1.82) is 0 Å². The molecular weight excluding hydrogens is 928 g/mol. The van der Waals surface area contributed by atoms with E-state index in [2.05, 4.69) is 106 Å². The third kappa shape index (κ3) is 51.6. The summed E-state index contributed by atoms with van der Waals surface area (Å²) < 4.78 is 39.4. The summed E-state index contributed by atoms with van der Waals surface area (Å²) in [7, 11) is -4.76. The Balaban J connectivity index is 4.78. The summed E-state index contributed by atoms with van der Waals surface area (Å²) in [4.78, 5) is 48.5. The zero-order valence-corrected chi connectivity index (χ0v) is 46.5. The average molecular weight is 1030 g/mol. The molecule has 0 aromatic rings. The molecule has 0 aliphatic carbocycles. The molecule has 0 rings (SSSR count). The maximum atomic E-state index is 12.9. The smallest absolute Gasteiger partial charge is 0.462 e. The molecule has 72 heavy (non-hydrogen) atoms. The number of ether oxygens (including phenoxy) is 3. The van der Waals surface area contributed by atoms with Gasteiger partial charge in [-0.25, -0.2) is 4.57 Å². The average Bonchev–Trinajstić information content (AvgIpc) is 3.37.